The molecule has 1 aromatic rings. The maximum Gasteiger partial charge on any atom is 0.0718 e. The zero-order valence-corrected chi connectivity index (χ0v) is 12.9. The van der Waals surface area contributed by atoms with E-state index in [1.165, 1.54) is 43.7 Å². The summed E-state index contributed by atoms with van der Waals surface area (Å²) in [6, 6.07) is 9.21. The highest BCUT2D eigenvalue weighted by atomic mass is 16.5. The van der Waals surface area contributed by atoms with Gasteiger partial charge in [0, 0.05) is 25.4 Å². The van der Waals surface area contributed by atoms with Crippen LogP contribution in [0.5, 0.6) is 0 Å². The number of rotatable bonds is 7. The summed E-state index contributed by atoms with van der Waals surface area (Å²) in [6.45, 7) is 5.72. The van der Waals surface area contributed by atoms with Crippen LogP contribution in [0, 0.1) is 5.92 Å². The van der Waals surface area contributed by atoms with Crippen LogP contribution in [-0.4, -0.2) is 50.9 Å². The Morgan fingerprint density at radius 3 is 2.81 bits per heavy atom. The Labute approximate surface area is 127 Å². The van der Waals surface area contributed by atoms with E-state index >= 15 is 0 Å². The van der Waals surface area contributed by atoms with Gasteiger partial charge in [0.1, 0.15) is 0 Å². The summed E-state index contributed by atoms with van der Waals surface area (Å²) in [6.07, 6.45) is 2.69. The number of hydrogen-bond donors (Lipinski definition) is 1. The van der Waals surface area contributed by atoms with E-state index in [0.717, 1.165) is 5.92 Å². The van der Waals surface area contributed by atoms with Crippen molar-refractivity contribution < 1.29 is 9.47 Å². The molecule has 3 aliphatic heterocycles. The Bertz CT molecular complexity index is 444. The summed E-state index contributed by atoms with van der Waals surface area (Å²) in [5, 5.41) is 3.73. The van der Waals surface area contributed by atoms with Crippen LogP contribution in [-0.2, 0) is 16.1 Å². The number of piperidine rings is 3. The number of ether oxygens (including phenoxy) is 2. The molecule has 1 N–H and O–H groups in total. The van der Waals surface area contributed by atoms with Crippen LogP contribution in [0.2, 0.25) is 0 Å². The number of benzene rings is 1. The van der Waals surface area contributed by atoms with E-state index in [2.05, 4.69) is 34.5 Å². The van der Waals surface area contributed by atoms with Crippen molar-refractivity contribution in [3.63, 3.8) is 0 Å². The van der Waals surface area contributed by atoms with Crippen LogP contribution in [0.15, 0.2) is 24.3 Å². The summed E-state index contributed by atoms with van der Waals surface area (Å²) < 4.78 is 10.6. The maximum atomic E-state index is 5.59. The minimum atomic E-state index is 0.608. The molecule has 3 saturated heterocycles. The van der Waals surface area contributed by atoms with Crippen molar-refractivity contribution in [1.82, 2.24) is 4.90 Å². The number of fused-ring (bicyclic) bond motifs is 3. The molecule has 0 radical (unpaired) electrons. The second-order valence-corrected chi connectivity index (χ2v) is 6.13. The van der Waals surface area contributed by atoms with Crippen molar-refractivity contribution in [3.05, 3.63) is 29.8 Å². The van der Waals surface area contributed by atoms with Crippen LogP contribution in [0.4, 0.5) is 5.69 Å². The Morgan fingerprint density at radius 2 is 2.10 bits per heavy atom. The molecule has 1 aromatic carbocycles. The van der Waals surface area contributed by atoms with E-state index in [4.69, 9.17) is 9.47 Å². The lowest BCUT2D eigenvalue weighted by atomic mass is 9.84. The molecule has 1 unspecified atom stereocenters. The molecule has 0 spiro atoms. The number of hydrogen-bond acceptors (Lipinski definition) is 4. The first kappa shape index (κ1) is 14.8. The van der Waals surface area contributed by atoms with Crippen molar-refractivity contribution in [2.75, 3.05) is 45.3 Å². The Morgan fingerprint density at radius 1 is 1.24 bits per heavy atom. The van der Waals surface area contributed by atoms with E-state index in [9.17, 15) is 0 Å². The lowest BCUT2D eigenvalue weighted by Gasteiger charge is -2.45. The Kier molecular flexibility index (Phi) is 5.12. The minimum absolute atomic E-state index is 0.608. The average molecular weight is 290 g/mol. The van der Waals surface area contributed by atoms with Gasteiger partial charge in [0.05, 0.1) is 19.8 Å². The minimum Gasteiger partial charge on any atom is -0.382 e. The van der Waals surface area contributed by atoms with Gasteiger partial charge in [-0.05, 0) is 49.5 Å². The van der Waals surface area contributed by atoms with Gasteiger partial charge in [-0.15, -0.1) is 0 Å². The topological polar surface area (TPSA) is 33.7 Å². The molecule has 0 aliphatic carbocycles. The first-order valence-electron chi connectivity index (χ1n) is 7.99. The van der Waals surface area contributed by atoms with Crippen molar-refractivity contribution in [1.29, 1.82) is 0 Å². The summed E-state index contributed by atoms with van der Waals surface area (Å²) >= 11 is 0. The molecule has 0 aromatic heterocycles. The van der Waals surface area contributed by atoms with E-state index in [-0.39, 0.29) is 0 Å². The van der Waals surface area contributed by atoms with Gasteiger partial charge in [0.2, 0.25) is 0 Å². The predicted molar refractivity (Wildman–Crippen MR) is 84.5 cm³/mol. The molecule has 4 nitrogen and oxygen atoms in total. The van der Waals surface area contributed by atoms with Crippen molar-refractivity contribution in [2.24, 2.45) is 5.92 Å². The highest BCUT2D eigenvalue weighted by molar-refractivity contribution is 5.46. The van der Waals surface area contributed by atoms with Crippen molar-refractivity contribution in [2.45, 2.75) is 25.5 Å². The number of anilines is 1. The van der Waals surface area contributed by atoms with Gasteiger partial charge in [-0.25, -0.2) is 0 Å². The third-order valence-electron chi connectivity index (χ3n) is 4.64. The molecular formula is C17H26N2O2. The second kappa shape index (κ2) is 7.25. The molecule has 1 atom stereocenters. The van der Waals surface area contributed by atoms with Gasteiger partial charge >= 0.3 is 0 Å². The molecule has 4 heteroatoms. The number of nitrogens with zero attached hydrogens (tertiary/aromatic N) is 1. The van der Waals surface area contributed by atoms with Crippen LogP contribution < -0.4 is 5.32 Å². The standard InChI is InChI=1S/C17H26N2O2/c1-20-9-10-21-13-14-3-2-4-16(11-14)18-17-12-19-7-5-15(17)6-8-19/h2-4,11,15,17-18H,5-10,12-13H2,1H3. The van der Waals surface area contributed by atoms with Crippen LogP contribution >= 0.6 is 0 Å². The summed E-state index contributed by atoms with van der Waals surface area (Å²) in [5.41, 5.74) is 2.44. The largest absolute Gasteiger partial charge is 0.382 e. The van der Waals surface area contributed by atoms with E-state index in [0.29, 0.717) is 25.9 Å². The maximum absolute atomic E-state index is 5.59. The predicted octanol–water partition coefficient (Wildman–Crippen LogP) is 2.36. The molecule has 0 saturated carbocycles. The third-order valence-corrected chi connectivity index (χ3v) is 4.64. The fraction of sp³-hybridized carbons (Fsp3) is 0.647. The van der Waals surface area contributed by atoms with Crippen molar-refractivity contribution in [3.8, 4) is 0 Å². The fourth-order valence-corrected chi connectivity index (χ4v) is 3.43. The monoisotopic (exact) mass is 290 g/mol. The van der Waals surface area contributed by atoms with Crippen LogP contribution in [0.3, 0.4) is 0 Å². The quantitative estimate of drug-likeness (QED) is 0.782. The number of nitrogens with one attached hydrogen (secondary N) is 1. The summed E-state index contributed by atoms with van der Waals surface area (Å²) in [5.74, 6) is 0.844. The van der Waals surface area contributed by atoms with E-state index in [1.54, 1.807) is 7.11 Å². The molecular weight excluding hydrogens is 264 g/mol. The fourth-order valence-electron chi connectivity index (χ4n) is 3.43. The van der Waals surface area contributed by atoms with Crippen molar-refractivity contribution >= 4 is 5.69 Å². The first-order chi connectivity index (χ1) is 10.3. The molecule has 2 bridgehead atoms. The van der Waals surface area contributed by atoms with E-state index < -0.39 is 0 Å². The molecule has 21 heavy (non-hydrogen) atoms. The van der Waals surface area contributed by atoms with E-state index in [1.807, 2.05) is 0 Å². The van der Waals surface area contributed by atoms with Gasteiger partial charge in [-0.2, -0.15) is 0 Å². The SMILES string of the molecule is COCCOCc1cccc(NC2CN3CCC2CC3)c1. The lowest BCUT2D eigenvalue weighted by molar-refractivity contribution is 0.0617. The Hall–Kier alpha value is -1.10. The summed E-state index contributed by atoms with van der Waals surface area (Å²) in [4.78, 5) is 2.58. The van der Waals surface area contributed by atoms with Gasteiger partial charge in [-0.3, -0.25) is 0 Å². The first-order valence-corrected chi connectivity index (χ1v) is 7.99. The van der Waals surface area contributed by atoms with Gasteiger partial charge in [-0.1, -0.05) is 12.1 Å². The Balaban J connectivity index is 1.53. The van der Waals surface area contributed by atoms with Gasteiger partial charge in [0.25, 0.3) is 0 Å². The normalized spacial score (nSPS) is 27.8. The molecule has 3 heterocycles. The van der Waals surface area contributed by atoms with Crippen LogP contribution in [0.1, 0.15) is 18.4 Å². The summed E-state index contributed by atoms with van der Waals surface area (Å²) in [7, 11) is 1.70. The third kappa shape index (κ3) is 3.96. The highest BCUT2D eigenvalue weighted by Crippen LogP contribution is 2.29. The molecule has 116 valence electrons. The molecule has 4 rings (SSSR count). The second-order valence-electron chi connectivity index (χ2n) is 6.13. The number of methoxy groups -OCH3 is 1. The molecule has 3 aliphatic rings. The van der Waals surface area contributed by atoms with Gasteiger partial charge in [0.15, 0.2) is 0 Å². The zero-order valence-electron chi connectivity index (χ0n) is 12.9. The highest BCUT2D eigenvalue weighted by Gasteiger charge is 2.33. The van der Waals surface area contributed by atoms with Gasteiger partial charge < -0.3 is 19.7 Å². The average Bonchev–Trinajstić information content (AvgIpc) is 2.53. The zero-order chi connectivity index (χ0) is 14.5. The molecule has 0 amide bonds. The lowest BCUT2D eigenvalue weighted by Crippen LogP contribution is -2.53. The van der Waals surface area contributed by atoms with Crippen LogP contribution in [0.25, 0.3) is 0 Å². The molecule has 3 fully saturated rings. The smallest absolute Gasteiger partial charge is 0.0718 e.